The Bertz CT molecular complexity index is 1020. The molecular weight excluding hydrogens is 432 g/mol. The maximum atomic E-state index is 13.2. The molecule has 0 aromatic heterocycles. The van der Waals surface area contributed by atoms with Crippen LogP contribution < -0.4 is 5.32 Å². The Morgan fingerprint density at radius 2 is 1.68 bits per heavy atom. The predicted molar refractivity (Wildman–Crippen MR) is 128 cm³/mol. The van der Waals surface area contributed by atoms with Crippen LogP contribution in [0.1, 0.15) is 56.6 Å². The first-order chi connectivity index (χ1) is 16.4. The van der Waals surface area contributed by atoms with Gasteiger partial charge in [0.25, 0.3) is 0 Å². The molecule has 7 nitrogen and oxygen atoms in total. The van der Waals surface area contributed by atoms with E-state index in [1.807, 2.05) is 31.2 Å². The van der Waals surface area contributed by atoms with Gasteiger partial charge in [0.2, 0.25) is 5.91 Å². The molecule has 1 saturated carbocycles. The first-order valence-electron chi connectivity index (χ1n) is 12.0. The number of alkyl carbamates (subject to hydrolysis) is 1. The number of carbonyl (C=O) groups excluding carboxylic acids is 2. The second-order valence-electron chi connectivity index (χ2n) is 9.18. The Morgan fingerprint density at radius 3 is 2.26 bits per heavy atom. The third-order valence-electron chi connectivity index (χ3n) is 7.11. The van der Waals surface area contributed by atoms with Crippen molar-refractivity contribution in [3.05, 3.63) is 59.7 Å². The van der Waals surface area contributed by atoms with Crippen molar-refractivity contribution >= 4 is 18.0 Å². The Hall–Kier alpha value is -3.35. The van der Waals surface area contributed by atoms with E-state index < -0.39 is 18.1 Å². The number of ether oxygens (including phenoxy) is 1. The molecule has 0 radical (unpaired) electrons. The second-order valence-corrected chi connectivity index (χ2v) is 9.18. The fourth-order valence-electron chi connectivity index (χ4n) is 5.48. The van der Waals surface area contributed by atoms with Crippen molar-refractivity contribution < 1.29 is 24.2 Å². The van der Waals surface area contributed by atoms with Crippen LogP contribution in [0, 0.1) is 5.92 Å². The van der Waals surface area contributed by atoms with Crippen molar-refractivity contribution in [1.82, 2.24) is 10.2 Å². The quantitative estimate of drug-likeness (QED) is 0.604. The summed E-state index contributed by atoms with van der Waals surface area (Å²) >= 11 is 0. The summed E-state index contributed by atoms with van der Waals surface area (Å²) in [6, 6.07) is 15.6. The van der Waals surface area contributed by atoms with Crippen LogP contribution >= 0.6 is 0 Å². The van der Waals surface area contributed by atoms with Crippen molar-refractivity contribution in [1.29, 1.82) is 0 Å². The van der Waals surface area contributed by atoms with Crippen LogP contribution in [-0.2, 0) is 14.3 Å². The van der Waals surface area contributed by atoms with Gasteiger partial charge in [-0.05, 0) is 48.9 Å². The zero-order valence-electron chi connectivity index (χ0n) is 19.7. The normalized spacial score (nSPS) is 19.7. The third-order valence-corrected chi connectivity index (χ3v) is 7.11. The lowest BCUT2D eigenvalue weighted by molar-refractivity contribution is -0.142. The standard InChI is InChI=1S/C27H32N2O5/c1-3-29(17(2)15-25(30)31)26(32)22-13-8-14-24(22)28-27(33)34-16-23-20-11-6-4-9-18(20)19-10-5-7-12-21(19)23/h4-7,9-12,17,22-24H,3,8,13-16H2,1-2H3,(H,28,33)(H,30,31)/t17?,22-,24+/m1/s1. The summed E-state index contributed by atoms with van der Waals surface area (Å²) in [4.78, 5) is 38.6. The van der Waals surface area contributed by atoms with E-state index in [4.69, 9.17) is 9.84 Å². The van der Waals surface area contributed by atoms with E-state index in [-0.39, 0.29) is 36.8 Å². The summed E-state index contributed by atoms with van der Waals surface area (Å²) in [6.07, 6.45) is 1.58. The summed E-state index contributed by atoms with van der Waals surface area (Å²) < 4.78 is 5.66. The number of carboxylic acids is 1. The van der Waals surface area contributed by atoms with Gasteiger partial charge in [0, 0.05) is 24.5 Å². The molecule has 2 aromatic rings. The average Bonchev–Trinajstić information content (AvgIpc) is 3.40. The number of hydrogen-bond acceptors (Lipinski definition) is 4. The molecule has 7 heteroatoms. The number of rotatable bonds is 8. The molecule has 1 unspecified atom stereocenters. The van der Waals surface area contributed by atoms with Gasteiger partial charge in [0.05, 0.1) is 12.3 Å². The number of amides is 2. The molecule has 1 fully saturated rings. The summed E-state index contributed by atoms with van der Waals surface area (Å²) in [5, 5.41) is 12.0. The molecule has 180 valence electrons. The summed E-state index contributed by atoms with van der Waals surface area (Å²) in [5.74, 6) is -1.42. The zero-order chi connectivity index (χ0) is 24.2. The van der Waals surface area contributed by atoms with Crippen LogP contribution in [0.25, 0.3) is 11.1 Å². The fourth-order valence-corrected chi connectivity index (χ4v) is 5.48. The number of hydrogen-bond donors (Lipinski definition) is 2. The SMILES string of the molecule is CCN(C(=O)[C@@H]1CCC[C@@H]1NC(=O)OCC1c2ccccc2-c2ccccc21)C(C)CC(=O)O. The van der Waals surface area contributed by atoms with Gasteiger partial charge in [-0.15, -0.1) is 0 Å². The molecule has 0 bridgehead atoms. The van der Waals surface area contributed by atoms with Gasteiger partial charge in [-0.1, -0.05) is 55.0 Å². The van der Waals surface area contributed by atoms with Crippen LogP contribution in [0.15, 0.2) is 48.5 Å². The average molecular weight is 465 g/mol. The summed E-state index contributed by atoms with van der Waals surface area (Å²) in [5.41, 5.74) is 4.64. The maximum Gasteiger partial charge on any atom is 0.407 e. The molecule has 2 aliphatic carbocycles. The summed E-state index contributed by atoms with van der Waals surface area (Å²) in [6.45, 7) is 4.25. The van der Waals surface area contributed by atoms with Crippen LogP contribution in [0.4, 0.5) is 4.79 Å². The van der Waals surface area contributed by atoms with Gasteiger partial charge in [0.15, 0.2) is 0 Å². The lowest BCUT2D eigenvalue weighted by atomic mass is 9.98. The number of carbonyl (C=O) groups is 3. The van der Waals surface area contributed by atoms with E-state index in [0.29, 0.717) is 19.4 Å². The van der Waals surface area contributed by atoms with Gasteiger partial charge >= 0.3 is 12.1 Å². The molecular formula is C27H32N2O5. The second kappa shape index (κ2) is 10.3. The molecule has 3 atom stereocenters. The number of carboxylic acid groups (broad SMARTS) is 1. The number of nitrogens with zero attached hydrogens (tertiary/aromatic N) is 1. The van der Waals surface area contributed by atoms with Crippen LogP contribution in [0.3, 0.4) is 0 Å². The van der Waals surface area contributed by atoms with Crippen molar-refractivity contribution in [2.45, 2.75) is 57.5 Å². The van der Waals surface area contributed by atoms with Crippen molar-refractivity contribution in [3.63, 3.8) is 0 Å². The van der Waals surface area contributed by atoms with E-state index in [2.05, 4.69) is 29.6 Å². The third kappa shape index (κ3) is 4.79. The minimum Gasteiger partial charge on any atom is -0.481 e. The molecule has 2 aromatic carbocycles. The highest BCUT2D eigenvalue weighted by Crippen LogP contribution is 2.44. The van der Waals surface area contributed by atoms with Gasteiger partial charge in [-0.25, -0.2) is 4.79 Å². The number of aliphatic carboxylic acids is 1. The van der Waals surface area contributed by atoms with E-state index in [9.17, 15) is 14.4 Å². The lowest BCUT2D eigenvalue weighted by Crippen LogP contribution is -2.48. The molecule has 0 aliphatic heterocycles. The Kier molecular flexibility index (Phi) is 7.20. The minimum absolute atomic E-state index is 0.0217. The molecule has 34 heavy (non-hydrogen) atoms. The van der Waals surface area contributed by atoms with Crippen molar-refractivity contribution in [2.24, 2.45) is 5.92 Å². The van der Waals surface area contributed by atoms with Crippen LogP contribution in [-0.4, -0.2) is 53.2 Å². The van der Waals surface area contributed by atoms with E-state index in [1.54, 1.807) is 11.8 Å². The van der Waals surface area contributed by atoms with E-state index in [0.717, 1.165) is 17.5 Å². The molecule has 0 saturated heterocycles. The summed E-state index contributed by atoms with van der Waals surface area (Å²) in [7, 11) is 0. The minimum atomic E-state index is -0.932. The predicted octanol–water partition coefficient (Wildman–Crippen LogP) is 4.41. The highest BCUT2D eigenvalue weighted by molar-refractivity contribution is 5.82. The number of benzene rings is 2. The zero-order valence-corrected chi connectivity index (χ0v) is 19.7. The molecule has 4 rings (SSSR count). The van der Waals surface area contributed by atoms with E-state index >= 15 is 0 Å². The highest BCUT2D eigenvalue weighted by Gasteiger charge is 2.38. The Balaban J connectivity index is 1.38. The van der Waals surface area contributed by atoms with Gasteiger partial charge in [0.1, 0.15) is 6.61 Å². The van der Waals surface area contributed by atoms with Crippen LogP contribution in [0.2, 0.25) is 0 Å². The van der Waals surface area contributed by atoms with Crippen LogP contribution in [0.5, 0.6) is 0 Å². The Morgan fingerprint density at radius 1 is 1.06 bits per heavy atom. The van der Waals surface area contributed by atoms with E-state index in [1.165, 1.54) is 11.1 Å². The first kappa shape index (κ1) is 23.8. The lowest BCUT2D eigenvalue weighted by Gasteiger charge is -2.31. The first-order valence-corrected chi connectivity index (χ1v) is 12.0. The number of nitrogens with one attached hydrogen (secondary N) is 1. The molecule has 0 heterocycles. The topological polar surface area (TPSA) is 95.9 Å². The number of fused-ring (bicyclic) bond motifs is 3. The van der Waals surface area contributed by atoms with Gasteiger partial charge in [-0.3, -0.25) is 9.59 Å². The molecule has 2 aliphatic rings. The molecule has 2 N–H and O–H groups in total. The monoisotopic (exact) mass is 464 g/mol. The maximum absolute atomic E-state index is 13.2. The fraction of sp³-hybridized carbons (Fsp3) is 0.444. The Labute approximate surface area is 200 Å². The largest absolute Gasteiger partial charge is 0.481 e. The van der Waals surface area contributed by atoms with Gasteiger partial charge in [-0.2, -0.15) is 0 Å². The molecule has 0 spiro atoms. The smallest absolute Gasteiger partial charge is 0.407 e. The highest BCUT2D eigenvalue weighted by atomic mass is 16.5. The van der Waals surface area contributed by atoms with Crippen molar-refractivity contribution in [2.75, 3.05) is 13.2 Å². The van der Waals surface area contributed by atoms with Gasteiger partial charge < -0.3 is 20.1 Å². The van der Waals surface area contributed by atoms with Crippen molar-refractivity contribution in [3.8, 4) is 11.1 Å². The molecule has 2 amide bonds.